The van der Waals surface area contributed by atoms with Gasteiger partial charge in [-0.3, -0.25) is 0 Å². The monoisotopic (exact) mass is 412 g/mol. The van der Waals surface area contributed by atoms with Gasteiger partial charge in [0, 0.05) is 6.42 Å². The second-order valence-electron chi connectivity index (χ2n) is 5.67. The minimum absolute atomic E-state index is 0.141. The molecule has 0 saturated heterocycles. The number of hydrogen-bond donors (Lipinski definition) is 0. The first-order valence-electron chi connectivity index (χ1n) is 7.62. The van der Waals surface area contributed by atoms with Crippen molar-refractivity contribution in [1.29, 1.82) is 0 Å². The van der Waals surface area contributed by atoms with Gasteiger partial charge in [-0.05, 0) is 41.8 Å². The van der Waals surface area contributed by atoms with Crippen molar-refractivity contribution in [1.82, 2.24) is 0 Å². The molecule has 10 heteroatoms. The van der Waals surface area contributed by atoms with E-state index in [1.165, 1.54) is 36.4 Å². The lowest BCUT2D eigenvalue weighted by Gasteiger charge is -2.10. The first kappa shape index (κ1) is 21.1. The van der Waals surface area contributed by atoms with Crippen molar-refractivity contribution in [3.8, 4) is 16.9 Å². The van der Waals surface area contributed by atoms with Gasteiger partial charge in [-0.25, -0.2) is 0 Å². The molecule has 0 amide bonds. The molecule has 2 rings (SSSR count). The third-order valence-electron chi connectivity index (χ3n) is 3.46. The minimum atomic E-state index is -4.50. The van der Waals surface area contributed by atoms with Gasteiger partial charge in [0.1, 0.15) is 5.75 Å². The predicted octanol–water partition coefficient (Wildman–Crippen LogP) is 5.42. The second-order valence-corrected chi connectivity index (χ2v) is 7.36. The van der Waals surface area contributed by atoms with E-state index in [1.807, 2.05) is 0 Å². The van der Waals surface area contributed by atoms with Crippen LogP contribution in [0.5, 0.6) is 5.75 Å². The normalized spacial score (nSPS) is 12.8. The Morgan fingerprint density at radius 1 is 0.852 bits per heavy atom. The highest BCUT2D eigenvalue weighted by Gasteiger charge is 2.30. The molecule has 0 spiro atoms. The predicted molar refractivity (Wildman–Crippen MR) is 86.6 cm³/mol. The van der Waals surface area contributed by atoms with E-state index in [0.717, 1.165) is 12.1 Å². The number of halogens is 6. The van der Waals surface area contributed by atoms with Crippen LogP contribution in [0.25, 0.3) is 11.1 Å². The van der Waals surface area contributed by atoms with Crippen molar-refractivity contribution >= 4 is 10.1 Å². The quantitative estimate of drug-likeness (QED) is 0.470. The molecule has 27 heavy (non-hydrogen) atoms. The Morgan fingerprint density at radius 3 is 2.04 bits per heavy atom. The first-order chi connectivity index (χ1) is 12.4. The van der Waals surface area contributed by atoms with Crippen LogP contribution in [-0.2, 0) is 16.3 Å². The fourth-order valence-electron chi connectivity index (χ4n) is 2.22. The van der Waals surface area contributed by atoms with Gasteiger partial charge >= 0.3 is 22.5 Å². The van der Waals surface area contributed by atoms with E-state index >= 15 is 0 Å². The smallest absolute Gasteiger partial charge is 0.382 e. The van der Waals surface area contributed by atoms with Crippen LogP contribution in [0.3, 0.4) is 0 Å². The highest BCUT2D eigenvalue weighted by Crippen LogP contribution is 2.32. The number of rotatable bonds is 6. The summed E-state index contributed by atoms with van der Waals surface area (Å²) in [6, 6.07) is 9.73. The largest absolute Gasteiger partial charge is 0.416 e. The molecule has 0 aliphatic carbocycles. The molecule has 3 nitrogen and oxygen atoms in total. The zero-order chi connectivity index (χ0) is 20.3. The van der Waals surface area contributed by atoms with Crippen LogP contribution in [0, 0.1) is 0 Å². The van der Waals surface area contributed by atoms with Crippen LogP contribution in [-0.4, -0.2) is 20.3 Å². The standard InChI is InChI=1S/C17H14F6O3S/c18-16(19,20)9-2-10-27(24,25)26-15-7-5-12(6-8-15)13-3-1-4-14(11-13)17(21,22)23/h1,3-8,11H,2,9-10H2. The summed E-state index contributed by atoms with van der Waals surface area (Å²) in [6.45, 7) is 0. The zero-order valence-corrected chi connectivity index (χ0v) is 14.5. The fourth-order valence-corrected chi connectivity index (χ4v) is 3.20. The summed E-state index contributed by atoms with van der Waals surface area (Å²) in [5, 5.41) is 0. The highest BCUT2D eigenvalue weighted by molar-refractivity contribution is 7.87. The fraction of sp³-hybridized carbons (Fsp3) is 0.294. The summed E-state index contributed by atoms with van der Waals surface area (Å²) in [6.07, 6.45) is -10.8. The summed E-state index contributed by atoms with van der Waals surface area (Å²) < 4.78 is 103. The van der Waals surface area contributed by atoms with E-state index in [2.05, 4.69) is 0 Å². The SMILES string of the molecule is O=S(=O)(CCCC(F)(F)F)Oc1ccc(-c2cccc(C(F)(F)F)c2)cc1. The van der Waals surface area contributed by atoms with Crippen molar-refractivity contribution < 1.29 is 38.9 Å². The van der Waals surface area contributed by atoms with Crippen LogP contribution in [0.4, 0.5) is 26.3 Å². The summed E-state index contributed by atoms with van der Waals surface area (Å²) in [7, 11) is -4.21. The molecule has 0 bridgehead atoms. The lowest BCUT2D eigenvalue weighted by Crippen LogP contribution is -2.16. The second kappa shape index (κ2) is 7.79. The highest BCUT2D eigenvalue weighted by atomic mass is 32.2. The average Bonchev–Trinajstić information content (AvgIpc) is 2.53. The third-order valence-corrected chi connectivity index (χ3v) is 4.69. The molecule has 2 aromatic rings. The molecule has 0 radical (unpaired) electrons. The van der Waals surface area contributed by atoms with Crippen molar-refractivity contribution in [2.24, 2.45) is 0 Å². The van der Waals surface area contributed by atoms with Crippen LogP contribution in [0.1, 0.15) is 18.4 Å². The van der Waals surface area contributed by atoms with Crippen LogP contribution >= 0.6 is 0 Å². The van der Waals surface area contributed by atoms with Crippen LogP contribution < -0.4 is 4.18 Å². The maximum absolute atomic E-state index is 12.8. The molecular formula is C17H14F6O3S. The van der Waals surface area contributed by atoms with Gasteiger partial charge in [-0.1, -0.05) is 24.3 Å². The van der Waals surface area contributed by atoms with Crippen molar-refractivity contribution in [3.63, 3.8) is 0 Å². The first-order valence-corrected chi connectivity index (χ1v) is 9.20. The molecule has 2 aromatic carbocycles. The molecule has 0 heterocycles. The van der Waals surface area contributed by atoms with Gasteiger partial charge in [0.25, 0.3) is 0 Å². The Labute approximate surface area is 151 Å². The Bertz CT molecular complexity index is 871. The van der Waals surface area contributed by atoms with Crippen molar-refractivity contribution in [3.05, 3.63) is 54.1 Å². The van der Waals surface area contributed by atoms with E-state index in [4.69, 9.17) is 4.18 Å². The van der Waals surface area contributed by atoms with Gasteiger partial charge in [-0.2, -0.15) is 34.8 Å². The van der Waals surface area contributed by atoms with E-state index in [-0.39, 0.29) is 11.3 Å². The lowest BCUT2D eigenvalue weighted by molar-refractivity contribution is -0.137. The Morgan fingerprint density at radius 2 is 1.48 bits per heavy atom. The van der Waals surface area contributed by atoms with Gasteiger partial charge in [0.2, 0.25) is 0 Å². The van der Waals surface area contributed by atoms with Crippen molar-refractivity contribution in [2.75, 3.05) is 5.75 Å². The Kier molecular flexibility index (Phi) is 6.08. The van der Waals surface area contributed by atoms with Gasteiger partial charge in [0.05, 0.1) is 11.3 Å². The Balaban J connectivity index is 2.07. The topological polar surface area (TPSA) is 43.4 Å². The molecule has 0 atom stereocenters. The zero-order valence-electron chi connectivity index (χ0n) is 13.6. The molecule has 0 saturated carbocycles. The van der Waals surface area contributed by atoms with E-state index in [1.54, 1.807) is 0 Å². The molecule has 0 aliphatic rings. The maximum Gasteiger partial charge on any atom is 0.416 e. The molecule has 0 fully saturated rings. The van der Waals surface area contributed by atoms with E-state index < -0.39 is 46.6 Å². The number of alkyl halides is 6. The van der Waals surface area contributed by atoms with Crippen LogP contribution in [0.2, 0.25) is 0 Å². The van der Waals surface area contributed by atoms with Crippen molar-refractivity contribution in [2.45, 2.75) is 25.2 Å². The summed E-state index contributed by atoms with van der Waals surface area (Å²) in [5.74, 6) is -0.945. The molecule has 0 aromatic heterocycles. The number of hydrogen-bond acceptors (Lipinski definition) is 3. The van der Waals surface area contributed by atoms with Gasteiger partial charge in [-0.15, -0.1) is 0 Å². The summed E-state index contributed by atoms with van der Waals surface area (Å²) in [5.41, 5.74) is -0.167. The Hall–Kier alpha value is -2.23. The lowest BCUT2D eigenvalue weighted by atomic mass is 10.0. The maximum atomic E-state index is 12.8. The molecule has 148 valence electrons. The number of benzene rings is 2. The van der Waals surface area contributed by atoms with Gasteiger partial charge < -0.3 is 4.18 Å². The molecule has 0 unspecified atom stereocenters. The average molecular weight is 412 g/mol. The molecule has 0 N–H and O–H groups in total. The molecular weight excluding hydrogens is 398 g/mol. The molecule has 0 aliphatic heterocycles. The van der Waals surface area contributed by atoms with Crippen LogP contribution in [0.15, 0.2) is 48.5 Å². The summed E-state index contributed by atoms with van der Waals surface area (Å²) >= 11 is 0. The van der Waals surface area contributed by atoms with Gasteiger partial charge in [0.15, 0.2) is 0 Å². The van der Waals surface area contributed by atoms with E-state index in [9.17, 15) is 34.8 Å². The summed E-state index contributed by atoms with van der Waals surface area (Å²) in [4.78, 5) is 0. The third kappa shape index (κ3) is 6.78. The minimum Gasteiger partial charge on any atom is -0.382 e. The van der Waals surface area contributed by atoms with E-state index in [0.29, 0.717) is 5.56 Å².